The Labute approximate surface area is 95.9 Å². The molecule has 2 heterocycles. The fraction of sp³-hybridized carbons (Fsp3) is 0.0909. The van der Waals surface area contributed by atoms with Gasteiger partial charge in [0.05, 0.1) is 11.6 Å². The SMILES string of the molecule is Cn1nncc1-c1n[nH]c(=O)c2ccccc12. The molecule has 3 aromatic rings. The first kappa shape index (κ1) is 9.71. The van der Waals surface area contributed by atoms with Crippen molar-refractivity contribution in [1.82, 2.24) is 25.2 Å². The van der Waals surface area contributed by atoms with E-state index < -0.39 is 0 Å². The molecule has 0 saturated heterocycles. The molecule has 0 saturated carbocycles. The van der Waals surface area contributed by atoms with Gasteiger partial charge in [-0.15, -0.1) is 5.10 Å². The standard InChI is InChI=1S/C11H9N5O/c1-16-9(6-12-15-16)10-7-4-2-3-5-8(7)11(17)14-13-10/h2-6H,1H3,(H,14,17). The minimum Gasteiger partial charge on any atom is -0.267 e. The molecule has 0 spiro atoms. The van der Waals surface area contributed by atoms with Crippen LogP contribution in [0, 0.1) is 0 Å². The lowest BCUT2D eigenvalue weighted by atomic mass is 10.1. The Morgan fingerprint density at radius 2 is 2.00 bits per heavy atom. The van der Waals surface area contributed by atoms with E-state index in [9.17, 15) is 4.79 Å². The molecule has 1 N–H and O–H groups in total. The Morgan fingerprint density at radius 1 is 1.24 bits per heavy atom. The van der Waals surface area contributed by atoms with Crippen LogP contribution in [0.15, 0.2) is 35.3 Å². The summed E-state index contributed by atoms with van der Waals surface area (Å²) in [5.74, 6) is 0. The third kappa shape index (κ3) is 1.42. The summed E-state index contributed by atoms with van der Waals surface area (Å²) in [5, 5.41) is 15.6. The highest BCUT2D eigenvalue weighted by Crippen LogP contribution is 2.22. The summed E-state index contributed by atoms with van der Waals surface area (Å²) >= 11 is 0. The fourth-order valence-corrected chi connectivity index (χ4v) is 1.81. The van der Waals surface area contributed by atoms with E-state index in [0.29, 0.717) is 11.1 Å². The average Bonchev–Trinajstić information content (AvgIpc) is 2.77. The molecule has 0 atom stereocenters. The zero-order valence-corrected chi connectivity index (χ0v) is 9.08. The second-order valence-corrected chi connectivity index (χ2v) is 3.69. The molecule has 2 aromatic heterocycles. The maximum absolute atomic E-state index is 11.6. The largest absolute Gasteiger partial charge is 0.272 e. The normalized spacial score (nSPS) is 10.9. The minimum atomic E-state index is -0.195. The summed E-state index contributed by atoms with van der Waals surface area (Å²) in [7, 11) is 1.78. The summed E-state index contributed by atoms with van der Waals surface area (Å²) in [5.41, 5.74) is 1.24. The molecule has 6 nitrogen and oxygen atoms in total. The van der Waals surface area contributed by atoms with Crippen LogP contribution in [0.2, 0.25) is 0 Å². The van der Waals surface area contributed by atoms with Crippen molar-refractivity contribution in [2.24, 2.45) is 7.05 Å². The number of fused-ring (bicyclic) bond motifs is 1. The molecule has 1 aromatic carbocycles. The van der Waals surface area contributed by atoms with E-state index in [1.165, 1.54) is 0 Å². The first-order chi connectivity index (χ1) is 8.27. The van der Waals surface area contributed by atoms with Gasteiger partial charge in [-0.1, -0.05) is 23.4 Å². The van der Waals surface area contributed by atoms with Crippen molar-refractivity contribution in [2.75, 3.05) is 0 Å². The number of aryl methyl sites for hydroxylation is 1. The topological polar surface area (TPSA) is 76.5 Å². The van der Waals surface area contributed by atoms with Gasteiger partial charge in [-0.25, -0.2) is 9.78 Å². The van der Waals surface area contributed by atoms with Crippen LogP contribution in [0.4, 0.5) is 0 Å². The second kappa shape index (κ2) is 3.51. The first-order valence-electron chi connectivity index (χ1n) is 5.10. The Balaban J connectivity index is 2.43. The molecule has 0 fully saturated rings. The summed E-state index contributed by atoms with van der Waals surface area (Å²) < 4.78 is 1.62. The number of rotatable bonds is 1. The predicted molar refractivity (Wildman–Crippen MR) is 62.4 cm³/mol. The summed E-state index contributed by atoms with van der Waals surface area (Å²) in [6.45, 7) is 0. The van der Waals surface area contributed by atoms with Crippen LogP contribution in [-0.4, -0.2) is 25.2 Å². The van der Waals surface area contributed by atoms with Crippen LogP contribution in [0.1, 0.15) is 0 Å². The third-order valence-electron chi connectivity index (χ3n) is 2.65. The van der Waals surface area contributed by atoms with E-state index in [-0.39, 0.29) is 5.56 Å². The van der Waals surface area contributed by atoms with E-state index in [2.05, 4.69) is 20.5 Å². The highest BCUT2D eigenvalue weighted by molar-refractivity contribution is 5.92. The molecule has 0 bridgehead atoms. The van der Waals surface area contributed by atoms with Gasteiger partial charge < -0.3 is 0 Å². The van der Waals surface area contributed by atoms with Gasteiger partial charge in [-0.3, -0.25) is 4.79 Å². The summed E-state index contributed by atoms with van der Waals surface area (Å²) in [6.07, 6.45) is 1.62. The zero-order chi connectivity index (χ0) is 11.8. The van der Waals surface area contributed by atoms with Gasteiger partial charge in [0, 0.05) is 12.4 Å². The van der Waals surface area contributed by atoms with E-state index >= 15 is 0 Å². The quantitative estimate of drug-likeness (QED) is 0.664. The second-order valence-electron chi connectivity index (χ2n) is 3.69. The van der Waals surface area contributed by atoms with Crippen molar-refractivity contribution in [3.63, 3.8) is 0 Å². The number of hydrogen-bond donors (Lipinski definition) is 1. The predicted octanol–water partition coefficient (Wildman–Crippen LogP) is 0.719. The monoisotopic (exact) mass is 227 g/mol. The maximum Gasteiger partial charge on any atom is 0.272 e. The van der Waals surface area contributed by atoms with E-state index in [1.807, 2.05) is 18.2 Å². The summed E-state index contributed by atoms with van der Waals surface area (Å²) in [4.78, 5) is 11.6. The third-order valence-corrected chi connectivity index (χ3v) is 2.65. The van der Waals surface area contributed by atoms with Crippen molar-refractivity contribution in [3.05, 3.63) is 40.8 Å². The molecular formula is C11H9N5O. The van der Waals surface area contributed by atoms with Crippen LogP contribution < -0.4 is 5.56 Å². The number of hydrogen-bond acceptors (Lipinski definition) is 4. The number of aromatic nitrogens is 5. The number of nitrogens with one attached hydrogen (secondary N) is 1. The molecule has 84 valence electrons. The number of H-pyrrole nitrogens is 1. The van der Waals surface area contributed by atoms with Crippen molar-refractivity contribution < 1.29 is 0 Å². The Hall–Kier alpha value is -2.50. The van der Waals surface area contributed by atoms with Crippen molar-refractivity contribution >= 4 is 10.8 Å². The Kier molecular flexibility index (Phi) is 2.01. The highest BCUT2D eigenvalue weighted by Gasteiger charge is 2.11. The molecule has 0 unspecified atom stereocenters. The van der Waals surface area contributed by atoms with Crippen molar-refractivity contribution in [2.45, 2.75) is 0 Å². The minimum absolute atomic E-state index is 0.195. The highest BCUT2D eigenvalue weighted by atomic mass is 16.1. The number of aromatic amines is 1. The maximum atomic E-state index is 11.6. The molecule has 0 radical (unpaired) electrons. The van der Waals surface area contributed by atoms with Gasteiger partial charge in [0.2, 0.25) is 0 Å². The number of nitrogens with zero attached hydrogens (tertiary/aromatic N) is 4. The lowest BCUT2D eigenvalue weighted by Gasteiger charge is -2.03. The van der Waals surface area contributed by atoms with Crippen LogP contribution in [0.25, 0.3) is 22.2 Å². The first-order valence-corrected chi connectivity index (χ1v) is 5.10. The van der Waals surface area contributed by atoms with E-state index in [1.54, 1.807) is 24.0 Å². The number of benzene rings is 1. The average molecular weight is 227 g/mol. The van der Waals surface area contributed by atoms with Gasteiger partial charge in [-0.2, -0.15) is 5.10 Å². The van der Waals surface area contributed by atoms with E-state index in [0.717, 1.165) is 11.1 Å². The van der Waals surface area contributed by atoms with Crippen molar-refractivity contribution in [3.8, 4) is 11.4 Å². The summed E-state index contributed by atoms with van der Waals surface area (Å²) in [6, 6.07) is 7.32. The lowest BCUT2D eigenvalue weighted by molar-refractivity contribution is 0.718. The van der Waals surface area contributed by atoms with Crippen LogP contribution >= 0.6 is 0 Å². The molecule has 0 aliphatic heterocycles. The molecule has 6 heteroatoms. The molecule has 0 aliphatic rings. The molecule has 17 heavy (non-hydrogen) atoms. The smallest absolute Gasteiger partial charge is 0.267 e. The Morgan fingerprint density at radius 3 is 2.71 bits per heavy atom. The molecule has 3 rings (SSSR count). The van der Waals surface area contributed by atoms with Gasteiger partial charge >= 0.3 is 0 Å². The lowest BCUT2D eigenvalue weighted by Crippen LogP contribution is -2.10. The van der Waals surface area contributed by atoms with Gasteiger partial charge in [0.25, 0.3) is 5.56 Å². The van der Waals surface area contributed by atoms with Crippen LogP contribution in [0.5, 0.6) is 0 Å². The van der Waals surface area contributed by atoms with E-state index in [4.69, 9.17) is 0 Å². The van der Waals surface area contributed by atoms with Gasteiger partial charge in [0.1, 0.15) is 11.4 Å². The zero-order valence-electron chi connectivity index (χ0n) is 9.08. The molecule has 0 amide bonds. The molecule has 0 aliphatic carbocycles. The van der Waals surface area contributed by atoms with Gasteiger partial charge in [-0.05, 0) is 6.07 Å². The Bertz CT molecular complexity index is 743. The molecular weight excluding hydrogens is 218 g/mol. The van der Waals surface area contributed by atoms with Gasteiger partial charge in [0.15, 0.2) is 0 Å². The van der Waals surface area contributed by atoms with Crippen LogP contribution in [0.3, 0.4) is 0 Å². The fourth-order valence-electron chi connectivity index (χ4n) is 1.81. The van der Waals surface area contributed by atoms with Crippen molar-refractivity contribution in [1.29, 1.82) is 0 Å². The van der Waals surface area contributed by atoms with Crippen LogP contribution in [-0.2, 0) is 7.05 Å².